The van der Waals surface area contributed by atoms with Gasteiger partial charge in [-0.2, -0.15) is 0 Å². The maximum atomic E-state index is 12.6. The van der Waals surface area contributed by atoms with Crippen LogP contribution in [0.1, 0.15) is 25.7 Å². The maximum absolute atomic E-state index is 12.6. The number of hydrogen-bond acceptors (Lipinski definition) is 6. The van der Waals surface area contributed by atoms with Crippen LogP contribution in [0, 0.1) is 5.92 Å². The van der Waals surface area contributed by atoms with Crippen LogP contribution < -0.4 is 4.90 Å². The summed E-state index contributed by atoms with van der Waals surface area (Å²) in [6.07, 6.45) is 7.65. The number of likely N-dealkylation sites (tertiary alicyclic amines) is 1. The third-order valence-electron chi connectivity index (χ3n) is 5.75. The molecule has 4 rings (SSSR count). The van der Waals surface area contributed by atoms with Gasteiger partial charge in [-0.15, -0.1) is 10.2 Å². The predicted octanol–water partition coefficient (Wildman–Crippen LogP) is 0.895. The molecule has 140 valence electrons. The predicted molar refractivity (Wildman–Crippen MR) is 99.0 cm³/mol. The van der Waals surface area contributed by atoms with Gasteiger partial charge >= 0.3 is 0 Å². The van der Waals surface area contributed by atoms with Crippen molar-refractivity contribution in [3.63, 3.8) is 0 Å². The number of piperidine rings is 1. The molecular weight excluding hydrogens is 330 g/mol. The summed E-state index contributed by atoms with van der Waals surface area (Å²) in [5.74, 6) is 2.68. The van der Waals surface area contributed by atoms with Gasteiger partial charge in [0.2, 0.25) is 5.91 Å². The van der Waals surface area contributed by atoms with E-state index in [2.05, 4.69) is 32.0 Å². The number of hydrogen-bond donors (Lipinski definition) is 0. The SMILES string of the molecule is CN1CCC(CCC(=O)N2CCN(c3ccnc4nncn34)CC2)CC1. The van der Waals surface area contributed by atoms with E-state index in [9.17, 15) is 4.79 Å². The molecule has 2 aliphatic heterocycles. The van der Waals surface area contributed by atoms with Crippen molar-refractivity contribution in [2.75, 3.05) is 51.2 Å². The molecule has 0 spiro atoms. The van der Waals surface area contributed by atoms with Gasteiger partial charge in [0.15, 0.2) is 0 Å². The summed E-state index contributed by atoms with van der Waals surface area (Å²) >= 11 is 0. The lowest BCUT2D eigenvalue weighted by molar-refractivity contribution is -0.131. The van der Waals surface area contributed by atoms with E-state index in [1.807, 2.05) is 15.4 Å². The fourth-order valence-corrected chi connectivity index (χ4v) is 4.01. The first kappa shape index (κ1) is 17.2. The van der Waals surface area contributed by atoms with Crippen LogP contribution in [-0.4, -0.2) is 81.6 Å². The quantitative estimate of drug-likeness (QED) is 0.810. The number of rotatable bonds is 4. The molecule has 0 bridgehead atoms. The molecule has 1 amide bonds. The molecule has 26 heavy (non-hydrogen) atoms. The lowest BCUT2D eigenvalue weighted by atomic mass is 9.92. The molecule has 0 saturated carbocycles. The van der Waals surface area contributed by atoms with Crippen molar-refractivity contribution in [3.05, 3.63) is 18.6 Å². The van der Waals surface area contributed by atoms with Crippen LogP contribution in [0.4, 0.5) is 5.82 Å². The number of amides is 1. The molecule has 2 saturated heterocycles. The zero-order chi connectivity index (χ0) is 17.9. The third-order valence-corrected chi connectivity index (χ3v) is 5.75. The van der Waals surface area contributed by atoms with E-state index in [1.165, 1.54) is 25.9 Å². The minimum Gasteiger partial charge on any atom is -0.354 e. The Labute approximate surface area is 153 Å². The molecule has 2 aromatic rings. The average molecular weight is 357 g/mol. The largest absolute Gasteiger partial charge is 0.354 e. The van der Waals surface area contributed by atoms with E-state index in [-0.39, 0.29) is 0 Å². The van der Waals surface area contributed by atoms with Gasteiger partial charge in [0.1, 0.15) is 12.1 Å². The number of piperazine rings is 1. The van der Waals surface area contributed by atoms with Crippen molar-refractivity contribution in [1.82, 2.24) is 29.4 Å². The first-order chi connectivity index (χ1) is 12.7. The molecule has 0 unspecified atom stereocenters. The highest BCUT2D eigenvalue weighted by Gasteiger charge is 2.24. The Bertz CT molecular complexity index is 745. The topological polar surface area (TPSA) is 69.9 Å². The maximum Gasteiger partial charge on any atom is 0.256 e. The van der Waals surface area contributed by atoms with E-state index in [1.54, 1.807) is 12.5 Å². The number of fused-ring (bicyclic) bond motifs is 1. The lowest BCUT2D eigenvalue weighted by Gasteiger charge is -2.36. The van der Waals surface area contributed by atoms with Crippen LogP contribution in [0.5, 0.6) is 0 Å². The minimum atomic E-state index is 0.313. The van der Waals surface area contributed by atoms with Gasteiger partial charge in [-0.05, 0) is 51.4 Å². The van der Waals surface area contributed by atoms with E-state index in [0.29, 0.717) is 18.1 Å². The normalized spacial score (nSPS) is 20.0. The Hall–Kier alpha value is -2.22. The van der Waals surface area contributed by atoms with Crippen molar-refractivity contribution in [2.45, 2.75) is 25.7 Å². The second-order valence-corrected chi connectivity index (χ2v) is 7.46. The van der Waals surface area contributed by atoms with Gasteiger partial charge in [0.25, 0.3) is 5.78 Å². The minimum absolute atomic E-state index is 0.313. The molecule has 0 N–H and O–H groups in total. The van der Waals surface area contributed by atoms with Crippen molar-refractivity contribution >= 4 is 17.5 Å². The fourth-order valence-electron chi connectivity index (χ4n) is 4.01. The molecule has 8 nitrogen and oxygen atoms in total. The Morgan fingerprint density at radius 1 is 1.15 bits per heavy atom. The molecule has 2 fully saturated rings. The third kappa shape index (κ3) is 3.65. The summed E-state index contributed by atoms with van der Waals surface area (Å²) in [5, 5.41) is 7.93. The zero-order valence-electron chi connectivity index (χ0n) is 15.4. The Kier molecular flexibility index (Phi) is 5.01. The molecule has 0 atom stereocenters. The summed E-state index contributed by atoms with van der Waals surface area (Å²) in [4.78, 5) is 23.5. The lowest BCUT2D eigenvalue weighted by Crippen LogP contribution is -2.49. The monoisotopic (exact) mass is 357 g/mol. The summed E-state index contributed by atoms with van der Waals surface area (Å²) in [6, 6.07) is 1.98. The highest BCUT2D eigenvalue weighted by atomic mass is 16.2. The second kappa shape index (κ2) is 7.57. The van der Waals surface area contributed by atoms with Gasteiger partial charge in [-0.1, -0.05) is 0 Å². The highest BCUT2D eigenvalue weighted by Crippen LogP contribution is 2.22. The number of aromatic nitrogens is 4. The van der Waals surface area contributed by atoms with Gasteiger partial charge < -0.3 is 14.7 Å². The van der Waals surface area contributed by atoms with Gasteiger partial charge in [-0.3, -0.25) is 9.20 Å². The first-order valence-electron chi connectivity index (χ1n) is 9.57. The molecule has 0 aromatic carbocycles. The molecule has 0 aliphatic carbocycles. The molecule has 2 aliphatic rings. The summed E-state index contributed by atoms with van der Waals surface area (Å²) < 4.78 is 1.90. The average Bonchev–Trinajstić information content (AvgIpc) is 3.16. The van der Waals surface area contributed by atoms with Crippen LogP contribution >= 0.6 is 0 Å². The van der Waals surface area contributed by atoms with E-state index >= 15 is 0 Å². The summed E-state index contributed by atoms with van der Waals surface area (Å²) in [6.45, 7) is 5.55. The molecule has 0 radical (unpaired) electrons. The molecule has 2 aromatic heterocycles. The van der Waals surface area contributed by atoms with Crippen LogP contribution in [0.3, 0.4) is 0 Å². The van der Waals surface area contributed by atoms with Crippen LogP contribution in [0.25, 0.3) is 5.78 Å². The fraction of sp³-hybridized carbons (Fsp3) is 0.667. The van der Waals surface area contributed by atoms with Gasteiger partial charge in [0, 0.05) is 38.8 Å². The number of nitrogens with zero attached hydrogens (tertiary/aromatic N) is 7. The van der Waals surface area contributed by atoms with Crippen LogP contribution in [0.15, 0.2) is 18.6 Å². The number of carbonyl (C=O) groups excluding carboxylic acids is 1. The van der Waals surface area contributed by atoms with E-state index < -0.39 is 0 Å². The Morgan fingerprint density at radius 3 is 2.69 bits per heavy atom. The Balaban J connectivity index is 1.28. The highest BCUT2D eigenvalue weighted by molar-refractivity contribution is 5.76. The summed E-state index contributed by atoms with van der Waals surface area (Å²) in [5.41, 5.74) is 0. The van der Waals surface area contributed by atoms with Crippen molar-refractivity contribution in [3.8, 4) is 0 Å². The van der Waals surface area contributed by atoms with Crippen LogP contribution in [0.2, 0.25) is 0 Å². The zero-order valence-corrected chi connectivity index (χ0v) is 15.4. The van der Waals surface area contributed by atoms with Gasteiger partial charge in [-0.25, -0.2) is 4.98 Å². The van der Waals surface area contributed by atoms with Crippen molar-refractivity contribution in [1.29, 1.82) is 0 Å². The number of carbonyl (C=O) groups is 1. The summed E-state index contributed by atoms with van der Waals surface area (Å²) in [7, 11) is 2.18. The van der Waals surface area contributed by atoms with Crippen LogP contribution in [-0.2, 0) is 4.79 Å². The first-order valence-corrected chi connectivity index (χ1v) is 9.57. The standard InChI is InChI=1S/C18H27N7O/c1-22-8-5-15(6-9-22)2-3-17(26)24-12-10-23(11-13-24)16-4-7-19-18-21-20-14-25(16)18/h4,7,14-15H,2-3,5-6,8-13H2,1H3. The number of anilines is 1. The van der Waals surface area contributed by atoms with E-state index in [4.69, 9.17) is 0 Å². The smallest absolute Gasteiger partial charge is 0.256 e. The Morgan fingerprint density at radius 2 is 1.92 bits per heavy atom. The molecular formula is C18H27N7O. The molecule has 8 heteroatoms. The van der Waals surface area contributed by atoms with Gasteiger partial charge in [0.05, 0.1) is 0 Å². The second-order valence-electron chi connectivity index (χ2n) is 7.46. The van der Waals surface area contributed by atoms with Crippen molar-refractivity contribution in [2.24, 2.45) is 5.92 Å². The van der Waals surface area contributed by atoms with Crippen molar-refractivity contribution < 1.29 is 4.79 Å². The molecule has 4 heterocycles. The van der Waals surface area contributed by atoms with E-state index in [0.717, 1.165) is 44.3 Å².